The largest absolute Gasteiger partial charge is 0.490 e. The second-order valence-electron chi connectivity index (χ2n) is 6.83. The average Bonchev–Trinajstić information content (AvgIpc) is 2.44. The van der Waals surface area contributed by atoms with Gasteiger partial charge in [0.2, 0.25) is 5.91 Å². The molecule has 1 aromatic rings. The predicted molar refractivity (Wildman–Crippen MR) is 98.7 cm³/mol. The van der Waals surface area contributed by atoms with E-state index >= 15 is 0 Å². The van der Waals surface area contributed by atoms with Crippen molar-refractivity contribution in [3.05, 3.63) is 22.7 Å². The van der Waals surface area contributed by atoms with Crippen molar-refractivity contribution in [1.29, 1.82) is 0 Å². The Morgan fingerprint density at radius 2 is 2.00 bits per heavy atom. The average molecular weight is 367 g/mol. The van der Waals surface area contributed by atoms with E-state index in [1.165, 1.54) is 0 Å². The van der Waals surface area contributed by atoms with E-state index in [0.29, 0.717) is 22.7 Å². The summed E-state index contributed by atoms with van der Waals surface area (Å²) in [5.74, 6) is -0.0527. The molecule has 0 saturated heterocycles. The van der Waals surface area contributed by atoms with Crippen LogP contribution in [-0.4, -0.2) is 38.1 Å². The van der Waals surface area contributed by atoms with Gasteiger partial charge in [0.05, 0.1) is 11.1 Å². The quantitative estimate of drug-likeness (QED) is 0.722. The number of primary amides is 1. The van der Waals surface area contributed by atoms with Gasteiger partial charge in [-0.3, -0.25) is 4.79 Å². The lowest BCUT2D eigenvalue weighted by atomic mass is 9.94. The summed E-state index contributed by atoms with van der Waals surface area (Å²) in [6.07, 6.45) is -0.179. The number of hydrogen-bond acceptors (Lipinski definition) is 4. The Morgan fingerprint density at radius 1 is 1.36 bits per heavy atom. The van der Waals surface area contributed by atoms with Crippen LogP contribution in [0.2, 0.25) is 5.02 Å². The fourth-order valence-corrected chi connectivity index (χ4v) is 2.21. The first-order valence-corrected chi connectivity index (χ1v) is 8.32. The van der Waals surface area contributed by atoms with E-state index in [1.54, 1.807) is 32.9 Å². The molecule has 6 nitrogen and oxygen atoms in total. The Bertz CT molecular complexity index is 632. The Hall–Kier alpha value is -1.89. The van der Waals surface area contributed by atoms with Crippen molar-refractivity contribution in [2.45, 2.75) is 52.2 Å². The normalized spacial score (nSPS) is 12.4. The highest BCUT2D eigenvalue weighted by atomic mass is 35.5. The number of hydrogen-bond donors (Lipinski definition) is 2. The maximum atomic E-state index is 11.9. The number of rotatable bonds is 7. The fourth-order valence-electron chi connectivity index (χ4n) is 2.05. The van der Waals surface area contributed by atoms with Crippen LogP contribution < -0.4 is 21.3 Å². The number of halogens is 1. The van der Waals surface area contributed by atoms with Crippen LogP contribution in [0.15, 0.2) is 12.1 Å². The van der Waals surface area contributed by atoms with Crippen molar-refractivity contribution >= 4 is 36.9 Å². The van der Waals surface area contributed by atoms with Crippen LogP contribution in [0.25, 0.3) is 0 Å². The molecular weight excluding hydrogens is 342 g/mol. The maximum Gasteiger partial charge on any atom is 0.407 e. The van der Waals surface area contributed by atoms with Gasteiger partial charge in [-0.1, -0.05) is 23.1 Å². The van der Waals surface area contributed by atoms with Crippen molar-refractivity contribution in [1.82, 2.24) is 5.32 Å². The highest BCUT2D eigenvalue weighted by Gasteiger charge is 2.21. The number of benzene rings is 1. The zero-order valence-electron chi connectivity index (χ0n) is 15.0. The number of alkyl carbamates (subject to hydrolysis) is 1. The van der Waals surface area contributed by atoms with E-state index in [1.807, 2.05) is 6.92 Å². The van der Waals surface area contributed by atoms with E-state index in [9.17, 15) is 9.59 Å². The molecule has 136 valence electrons. The maximum absolute atomic E-state index is 11.9. The highest BCUT2D eigenvalue weighted by Crippen LogP contribution is 2.23. The van der Waals surface area contributed by atoms with Crippen LogP contribution in [0.3, 0.4) is 0 Å². The summed E-state index contributed by atoms with van der Waals surface area (Å²) in [6, 6.07) is 3.01. The summed E-state index contributed by atoms with van der Waals surface area (Å²) in [6.45, 7) is 7.24. The van der Waals surface area contributed by atoms with E-state index in [0.717, 1.165) is 5.56 Å². The minimum atomic E-state index is -0.631. The molecule has 3 N–H and O–H groups in total. The molecule has 0 bridgehead atoms. The SMILES string of the molecule is [B]c1cc(C)cc(OCC(CCC(N)=O)NC(=O)OC(C)(C)C)c1Cl. The molecule has 0 aliphatic carbocycles. The van der Waals surface area contributed by atoms with Crippen molar-refractivity contribution in [2.24, 2.45) is 5.73 Å². The lowest BCUT2D eigenvalue weighted by molar-refractivity contribution is -0.118. The molecule has 0 saturated carbocycles. The summed E-state index contributed by atoms with van der Waals surface area (Å²) < 4.78 is 10.9. The van der Waals surface area contributed by atoms with Crippen LogP contribution in [-0.2, 0) is 9.53 Å². The summed E-state index contributed by atoms with van der Waals surface area (Å²) in [5.41, 5.74) is 5.85. The molecule has 0 aliphatic heterocycles. The number of amides is 2. The Morgan fingerprint density at radius 3 is 2.56 bits per heavy atom. The van der Waals surface area contributed by atoms with Crippen LogP contribution >= 0.6 is 11.6 Å². The molecule has 0 aromatic heterocycles. The molecule has 0 fully saturated rings. The van der Waals surface area contributed by atoms with Crippen molar-refractivity contribution in [3.63, 3.8) is 0 Å². The van der Waals surface area contributed by atoms with Gasteiger partial charge >= 0.3 is 6.09 Å². The van der Waals surface area contributed by atoms with Crippen molar-refractivity contribution < 1.29 is 19.1 Å². The minimum Gasteiger partial charge on any atom is -0.490 e. The highest BCUT2D eigenvalue weighted by molar-refractivity contribution is 6.46. The number of carbonyl (C=O) groups is 2. The van der Waals surface area contributed by atoms with Gasteiger partial charge in [-0.15, -0.1) is 0 Å². The van der Waals surface area contributed by atoms with Crippen LogP contribution in [0.5, 0.6) is 5.75 Å². The molecule has 1 unspecified atom stereocenters. The molecule has 8 heteroatoms. The molecule has 2 amide bonds. The molecule has 25 heavy (non-hydrogen) atoms. The minimum absolute atomic E-state index is 0.0924. The summed E-state index contributed by atoms with van der Waals surface area (Å²) in [7, 11) is 5.81. The molecule has 2 radical (unpaired) electrons. The monoisotopic (exact) mass is 366 g/mol. The zero-order valence-corrected chi connectivity index (χ0v) is 15.8. The first-order valence-electron chi connectivity index (χ1n) is 7.94. The number of aryl methyl sites for hydroxylation is 1. The third-order valence-corrected chi connectivity index (χ3v) is 3.52. The Labute approximate surface area is 154 Å². The molecule has 0 aliphatic rings. The Balaban J connectivity index is 2.76. The predicted octanol–water partition coefficient (Wildman–Crippen LogP) is 1.98. The third-order valence-electron chi connectivity index (χ3n) is 3.11. The van der Waals surface area contributed by atoms with Gasteiger partial charge < -0.3 is 20.5 Å². The lowest BCUT2D eigenvalue weighted by Crippen LogP contribution is -2.42. The van der Waals surface area contributed by atoms with Crippen molar-refractivity contribution in [2.75, 3.05) is 6.61 Å². The molecule has 1 atom stereocenters. The van der Waals surface area contributed by atoms with E-state index in [-0.39, 0.29) is 13.0 Å². The number of ether oxygens (including phenoxy) is 2. The van der Waals surface area contributed by atoms with Gasteiger partial charge in [-0.05, 0) is 45.7 Å². The van der Waals surface area contributed by atoms with Gasteiger partial charge in [-0.25, -0.2) is 4.79 Å². The topological polar surface area (TPSA) is 90.6 Å². The van der Waals surface area contributed by atoms with Gasteiger partial charge in [0.15, 0.2) is 0 Å². The number of nitrogens with two attached hydrogens (primary N) is 1. The first-order chi connectivity index (χ1) is 11.5. The summed E-state index contributed by atoms with van der Waals surface area (Å²) >= 11 is 6.13. The smallest absolute Gasteiger partial charge is 0.407 e. The molecule has 0 spiro atoms. The third kappa shape index (κ3) is 8.16. The van der Waals surface area contributed by atoms with Crippen LogP contribution in [0.1, 0.15) is 39.2 Å². The number of nitrogens with one attached hydrogen (secondary N) is 1. The van der Waals surface area contributed by atoms with Gasteiger partial charge in [-0.2, -0.15) is 0 Å². The second kappa shape index (κ2) is 8.99. The summed E-state index contributed by atoms with van der Waals surface area (Å²) in [4.78, 5) is 23.0. The molecule has 1 aromatic carbocycles. The van der Waals surface area contributed by atoms with Crippen LogP contribution in [0, 0.1) is 6.92 Å². The lowest BCUT2D eigenvalue weighted by Gasteiger charge is -2.24. The van der Waals surface area contributed by atoms with Gasteiger partial charge in [0.1, 0.15) is 25.8 Å². The fraction of sp³-hybridized carbons (Fsp3) is 0.529. The Kier molecular flexibility index (Phi) is 7.61. The van der Waals surface area contributed by atoms with E-state index in [4.69, 9.17) is 34.7 Å². The van der Waals surface area contributed by atoms with Gasteiger partial charge in [0, 0.05) is 6.42 Å². The molecular formula is C17H24BClN2O4. The molecule has 1 rings (SSSR count). The van der Waals surface area contributed by atoms with Crippen LogP contribution in [0.4, 0.5) is 4.79 Å². The second-order valence-corrected chi connectivity index (χ2v) is 7.20. The van der Waals surface area contributed by atoms with E-state index < -0.39 is 23.6 Å². The standard InChI is InChI=1S/C17H24BClN2O4/c1-10-7-12(18)15(19)13(8-10)24-9-11(5-6-14(20)22)21-16(23)25-17(2,3)4/h7-8,11H,5-6,9H2,1-4H3,(H2,20,22)(H,21,23). The first kappa shape index (κ1) is 21.2. The number of carbonyl (C=O) groups excluding carboxylic acids is 2. The molecule has 0 heterocycles. The van der Waals surface area contributed by atoms with E-state index in [2.05, 4.69) is 5.32 Å². The van der Waals surface area contributed by atoms with Gasteiger partial charge in [0.25, 0.3) is 0 Å². The van der Waals surface area contributed by atoms with Crippen molar-refractivity contribution in [3.8, 4) is 5.75 Å². The zero-order chi connectivity index (χ0) is 19.2. The summed E-state index contributed by atoms with van der Waals surface area (Å²) in [5, 5.41) is 2.98.